The van der Waals surface area contributed by atoms with Crippen LogP contribution in [0.4, 0.5) is 4.79 Å². The quantitative estimate of drug-likeness (QED) is 0.781. The van der Waals surface area contributed by atoms with Crippen molar-refractivity contribution in [1.29, 1.82) is 0 Å². The molecule has 1 saturated carbocycles. The highest BCUT2D eigenvalue weighted by Crippen LogP contribution is 2.29. The van der Waals surface area contributed by atoms with E-state index in [9.17, 15) is 14.4 Å². The van der Waals surface area contributed by atoms with Gasteiger partial charge in [0.2, 0.25) is 11.8 Å². The van der Waals surface area contributed by atoms with Crippen LogP contribution in [0.2, 0.25) is 5.02 Å². The molecule has 128 valence electrons. The van der Waals surface area contributed by atoms with Gasteiger partial charge in [0.05, 0.1) is 0 Å². The van der Waals surface area contributed by atoms with Crippen molar-refractivity contribution in [2.45, 2.75) is 51.0 Å². The topological polar surface area (TPSA) is 57.7 Å². The van der Waals surface area contributed by atoms with E-state index in [0.29, 0.717) is 5.02 Å². The van der Waals surface area contributed by atoms with E-state index in [1.54, 1.807) is 6.07 Å². The molecule has 0 aromatic heterocycles. The highest BCUT2D eigenvalue weighted by molar-refractivity contribution is 6.30. The fourth-order valence-corrected chi connectivity index (χ4v) is 3.75. The Morgan fingerprint density at radius 2 is 1.88 bits per heavy atom. The van der Waals surface area contributed by atoms with E-state index >= 15 is 0 Å². The number of rotatable bonds is 4. The molecule has 2 fully saturated rings. The summed E-state index contributed by atoms with van der Waals surface area (Å²) in [6.07, 6.45) is 3.50. The molecule has 1 aliphatic heterocycles. The molecule has 1 aromatic carbocycles. The Kier molecular flexibility index (Phi) is 4.90. The molecule has 0 spiro atoms. The van der Waals surface area contributed by atoms with Gasteiger partial charge in [0.15, 0.2) is 0 Å². The fourth-order valence-electron chi connectivity index (χ4n) is 3.55. The van der Waals surface area contributed by atoms with Crippen molar-refractivity contribution in [3.8, 4) is 0 Å². The Morgan fingerprint density at radius 1 is 1.17 bits per heavy atom. The molecule has 1 atom stereocenters. The molecule has 5 nitrogen and oxygen atoms in total. The molecule has 1 aliphatic carbocycles. The van der Waals surface area contributed by atoms with E-state index in [1.165, 1.54) is 9.80 Å². The lowest BCUT2D eigenvalue weighted by Crippen LogP contribution is -2.58. The molecule has 2 aliphatic rings. The average molecular weight is 349 g/mol. The summed E-state index contributed by atoms with van der Waals surface area (Å²) in [7, 11) is 0. The van der Waals surface area contributed by atoms with Gasteiger partial charge in [-0.3, -0.25) is 19.4 Å². The highest BCUT2D eigenvalue weighted by atomic mass is 35.5. The van der Waals surface area contributed by atoms with Gasteiger partial charge < -0.3 is 0 Å². The summed E-state index contributed by atoms with van der Waals surface area (Å²) in [5.41, 5.74) is 0.965. The maximum Gasteiger partial charge on any atom is 0.333 e. The van der Waals surface area contributed by atoms with E-state index in [0.717, 1.165) is 31.2 Å². The number of urea groups is 1. The highest BCUT2D eigenvalue weighted by Gasteiger charge is 2.42. The molecular weight excluding hydrogens is 328 g/mol. The summed E-state index contributed by atoms with van der Waals surface area (Å²) in [5.74, 6) is -0.813. The van der Waals surface area contributed by atoms with E-state index in [-0.39, 0.29) is 30.8 Å². The SMILES string of the molecule is CC(CN1C(=O)CC(=O)N(C2CCCC2)C1=O)c1cccc(Cl)c1. The smallest absolute Gasteiger partial charge is 0.274 e. The third-order valence-electron chi connectivity index (χ3n) is 4.87. The van der Waals surface area contributed by atoms with Crippen LogP contribution in [-0.4, -0.2) is 40.2 Å². The molecule has 1 unspecified atom stereocenters. The van der Waals surface area contributed by atoms with Crippen LogP contribution in [-0.2, 0) is 9.59 Å². The molecule has 1 saturated heterocycles. The van der Waals surface area contributed by atoms with Crippen LogP contribution in [0.3, 0.4) is 0 Å². The van der Waals surface area contributed by atoms with E-state index < -0.39 is 11.9 Å². The van der Waals surface area contributed by atoms with Crippen LogP contribution in [0, 0.1) is 0 Å². The minimum Gasteiger partial charge on any atom is -0.274 e. The number of amides is 4. The predicted molar refractivity (Wildman–Crippen MR) is 90.7 cm³/mol. The minimum absolute atomic E-state index is 0.0461. The zero-order valence-electron chi connectivity index (χ0n) is 13.7. The van der Waals surface area contributed by atoms with Crippen molar-refractivity contribution < 1.29 is 14.4 Å². The zero-order chi connectivity index (χ0) is 17.3. The lowest BCUT2D eigenvalue weighted by Gasteiger charge is -2.37. The second-order valence-electron chi connectivity index (χ2n) is 6.62. The van der Waals surface area contributed by atoms with Gasteiger partial charge >= 0.3 is 6.03 Å². The number of carbonyl (C=O) groups excluding carboxylic acids is 3. The van der Waals surface area contributed by atoms with Gasteiger partial charge in [-0.2, -0.15) is 0 Å². The monoisotopic (exact) mass is 348 g/mol. The van der Waals surface area contributed by atoms with Crippen LogP contribution in [0.5, 0.6) is 0 Å². The number of carbonyl (C=O) groups is 3. The lowest BCUT2D eigenvalue weighted by atomic mass is 10.00. The van der Waals surface area contributed by atoms with Gasteiger partial charge in [-0.25, -0.2) is 4.79 Å². The summed E-state index contributed by atoms with van der Waals surface area (Å²) in [4.78, 5) is 39.7. The normalized spacial score (nSPS) is 20.8. The predicted octanol–water partition coefficient (Wildman–Crippen LogP) is 3.57. The Balaban J connectivity index is 1.77. The standard InChI is InChI=1S/C18H21ClN2O3/c1-12(13-5-4-6-14(19)9-13)11-20-16(22)10-17(23)21(18(20)24)15-7-2-3-8-15/h4-6,9,12,15H,2-3,7-8,10-11H2,1H3. The molecular formula is C18H21ClN2O3. The Bertz CT molecular complexity index is 670. The van der Waals surface area contributed by atoms with E-state index in [4.69, 9.17) is 11.6 Å². The summed E-state index contributed by atoms with van der Waals surface area (Å²) in [6.45, 7) is 2.21. The molecule has 0 N–H and O–H groups in total. The first-order chi connectivity index (χ1) is 11.5. The Hall–Kier alpha value is -1.88. The largest absolute Gasteiger partial charge is 0.333 e. The van der Waals surface area contributed by atoms with Crippen molar-refractivity contribution >= 4 is 29.4 Å². The molecule has 1 aromatic rings. The van der Waals surface area contributed by atoms with Crippen LogP contribution < -0.4 is 0 Å². The first-order valence-corrected chi connectivity index (χ1v) is 8.77. The minimum atomic E-state index is -0.461. The van der Waals surface area contributed by atoms with Gasteiger partial charge in [0.25, 0.3) is 0 Å². The first kappa shape index (κ1) is 17.0. The van der Waals surface area contributed by atoms with Crippen LogP contribution in [0.1, 0.15) is 50.5 Å². The van der Waals surface area contributed by atoms with Gasteiger partial charge in [0, 0.05) is 17.6 Å². The second-order valence-corrected chi connectivity index (χ2v) is 7.06. The number of hydrogen-bond donors (Lipinski definition) is 0. The zero-order valence-corrected chi connectivity index (χ0v) is 14.5. The third kappa shape index (κ3) is 3.31. The van der Waals surface area contributed by atoms with Crippen LogP contribution in [0.25, 0.3) is 0 Å². The van der Waals surface area contributed by atoms with Crippen LogP contribution in [0.15, 0.2) is 24.3 Å². The second kappa shape index (κ2) is 6.93. The third-order valence-corrected chi connectivity index (χ3v) is 5.11. The maximum absolute atomic E-state index is 12.8. The molecule has 0 bridgehead atoms. The molecule has 4 amide bonds. The number of hydrogen-bond acceptors (Lipinski definition) is 3. The van der Waals surface area contributed by atoms with Crippen molar-refractivity contribution in [2.24, 2.45) is 0 Å². The molecule has 1 heterocycles. The van der Waals surface area contributed by atoms with Crippen LogP contribution >= 0.6 is 11.6 Å². The van der Waals surface area contributed by atoms with E-state index in [2.05, 4.69) is 0 Å². The summed E-state index contributed by atoms with van der Waals surface area (Å²) < 4.78 is 0. The molecule has 3 rings (SSSR count). The first-order valence-electron chi connectivity index (χ1n) is 8.39. The number of nitrogens with zero attached hydrogens (tertiary/aromatic N) is 2. The Morgan fingerprint density at radius 3 is 2.54 bits per heavy atom. The molecule has 6 heteroatoms. The maximum atomic E-state index is 12.8. The number of benzene rings is 1. The van der Waals surface area contributed by atoms with Crippen molar-refractivity contribution in [3.63, 3.8) is 0 Å². The molecule has 0 radical (unpaired) electrons. The number of halogens is 1. The van der Waals surface area contributed by atoms with Crippen molar-refractivity contribution in [3.05, 3.63) is 34.9 Å². The average Bonchev–Trinajstić information content (AvgIpc) is 3.05. The fraction of sp³-hybridized carbons (Fsp3) is 0.500. The van der Waals surface area contributed by atoms with Gasteiger partial charge in [-0.15, -0.1) is 0 Å². The van der Waals surface area contributed by atoms with E-state index in [1.807, 2.05) is 25.1 Å². The van der Waals surface area contributed by atoms with Gasteiger partial charge in [-0.05, 0) is 36.5 Å². The Labute approximate surface area is 146 Å². The van der Waals surface area contributed by atoms with Gasteiger partial charge in [-0.1, -0.05) is 43.5 Å². The summed E-state index contributed by atoms with van der Waals surface area (Å²) in [6, 6.07) is 6.89. The van der Waals surface area contributed by atoms with Crippen molar-refractivity contribution in [2.75, 3.05) is 6.54 Å². The van der Waals surface area contributed by atoms with Gasteiger partial charge in [0.1, 0.15) is 6.42 Å². The molecule has 24 heavy (non-hydrogen) atoms. The summed E-state index contributed by atoms with van der Waals surface area (Å²) >= 11 is 6.02. The number of imide groups is 2. The summed E-state index contributed by atoms with van der Waals surface area (Å²) in [5, 5.41) is 0.624. The number of barbiturate groups is 1. The lowest BCUT2D eigenvalue weighted by molar-refractivity contribution is -0.144. The van der Waals surface area contributed by atoms with Crippen molar-refractivity contribution in [1.82, 2.24) is 9.80 Å².